The fourth-order valence-corrected chi connectivity index (χ4v) is 3.70. The molecule has 1 aliphatic heterocycles. The first-order valence-corrected chi connectivity index (χ1v) is 9.92. The van der Waals surface area contributed by atoms with Crippen molar-refractivity contribution >= 4 is 46.3 Å². The van der Waals surface area contributed by atoms with Crippen molar-refractivity contribution in [3.05, 3.63) is 70.7 Å². The third-order valence-electron chi connectivity index (χ3n) is 4.75. The summed E-state index contributed by atoms with van der Waals surface area (Å²) in [5.74, 6) is 1.76. The highest BCUT2D eigenvalue weighted by Gasteiger charge is 2.25. The van der Waals surface area contributed by atoms with E-state index in [1.54, 1.807) is 0 Å². The van der Waals surface area contributed by atoms with Crippen molar-refractivity contribution in [1.29, 1.82) is 0 Å². The van der Waals surface area contributed by atoms with Gasteiger partial charge in [-0.05, 0) is 60.9 Å². The van der Waals surface area contributed by atoms with Gasteiger partial charge in [0.25, 0.3) is 0 Å². The second-order valence-corrected chi connectivity index (χ2v) is 7.71. The van der Waals surface area contributed by atoms with E-state index in [1.165, 1.54) is 23.9 Å². The van der Waals surface area contributed by atoms with Crippen LogP contribution >= 0.6 is 15.9 Å². The molecule has 0 radical (unpaired) electrons. The lowest BCUT2D eigenvalue weighted by Gasteiger charge is -2.33. The Morgan fingerprint density at radius 2 is 1.62 bits per heavy atom. The zero-order valence-electron chi connectivity index (χ0n) is 15.1. The van der Waals surface area contributed by atoms with Gasteiger partial charge in [0, 0.05) is 10.2 Å². The Bertz CT molecular complexity index is 888. The highest BCUT2D eigenvalue weighted by atomic mass is 79.9. The van der Waals surface area contributed by atoms with Gasteiger partial charge in [0.05, 0.1) is 11.4 Å². The van der Waals surface area contributed by atoms with Gasteiger partial charge >= 0.3 is 0 Å². The van der Waals surface area contributed by atoms with E-state index in [0.717, 1.165) is 39.5 Å². The number of nitrogens with zero attached hydrogens (tertiary/aromatic N) is 1. The number of fused-ring (bicyclic) bond motifs is 2. The van der Waals surface area contributed by atoms with Crippen LogP contribution < -0.4 is 15.1 Å². The van der Waals surface area contributed by atoms with Crippen LogP contribution in [-0.4, -0.2) is 7.85 Å². The summed E-state index contributed by atoms with van der Waals surface area (Å²) in [6.07, 6.45) is 3.59. The number of rotatable bonds is 4. The van der Waals surface area contributed by atoms with Gasteiger partial charge in [-0.2, -0.15) is 0 Å². The fourth-order valence-electron chi connectivity index (χ4n) is 3.36. The number of hydrogen-bond acceptors (Lipinski definition) is 2. The first kappa shape index (κ1) is 17.2. The van der Waals surface area contributed by atoms with Crippen molar-refractivity contribution in [3.63, 3.8) is 0 Å². The Labute approximate surface area is 164 Å². The average molecular weight is 406 g/mol. The molecule has 0 aliphatic carbocycles. The van der Waals surface area contributed by atoms with Crippen LogP contribution in [0.4, 0.5) is 17.1 Å². The van der Waals surface area contributed by atoms with E-state index in [9.17, 15) is 0 Å². The molecule has 0 saturated carbocycles. The molecule has 0 saturated heterocycles. The summed E-state index contributed by atoms with van der Waals surface area (Å²) >= 11 is 3.56. The predicted molar refractivity (Wildman–Crippen MR) is 116 cm³/mol. The van der Waals surface area contributed by atoms with Crippen molar-refractivity contribution in [2.45, 2.75) is 26.2 Å². The van der Waals surface area contributed by atoms with Crippen LogP contribution in [0.5, 0.6) is 11.5 Å². The summed E-state index contributed by atoms with van der Waals surface area (Å²) in [7, 11) is 2.09. The van der Waals surface area contributed by atoms with Crippen LogP contribution in [0.1, 0.15) is 25.3 Å². The number of hydrogen-bond donors (Lipinski definition) is 0. The molecular formula is C22H21BBrNO. The summed E-state index contributed by atoms with van der Waals surface area (Å²) in [4.78, 5) is 2.28. The minimum Gasteiger partial charge on any atom is -0.453 e. The molecule has 26 heavy (non-hydrogen) atoms. The molecule has 3 aromatic carbocycles. The molecule has 1 heterocycles. The topological polar surface area (TPSA) is 12.5 Å². The molecule has 0 atom stereocenters. The third kappa shape index (κ3) is 3.26. The molecular weight excluding hydrogens is 385 g/mol. The van der Waals surface area contributed by atoms with Crippen LogP contribution in [0.15, 0.2) is 65.1 Å². The standard InChI is InChI=1S/C22H21BBrNO/c1-2-3-4-15-5-9-18(10-6-15)25-19-11-7-16(23)13-21(19)26-22-14-17(24)8-12-20(22)25/h5-14H,2-4,23H2,1H3. The summed E-state index contributed by atoms with van der Waals surface area (Å²) in [5, 5.41) is 0. The first-order valence-electron chi connectivity index (χ1n) is 9.13. The lowest BCUT2D eigenvalue weighted by Crippen LogP contribution is -2.17. The molecule has 2 nitrogen and oxygen atoms in total. The lowest BCUT2D eigenvalue weighted by atomic mass is 9.95. The summed E-state index contributed by atoms with van der Waals surface area (Å²) in [6.45, 7) is 2.23. The SMILES string of the molecule is Bc1ccc2c(c1)Oc1cc(Br)ccc1N2c1ccc(CCCC)cc1. The number of unbranched alkanes of at least 4 members (excludes halogenated alkanes) is 1. The Hall–Kier alpha value is -2.20. The van der Waals surface area contributed by atoms with E-state index in [1.807, 2.05) is 6.07 Å². The number of halogens is 1. The molecule has 1 aliphatic rings. The maximum absolute atomic E-state index is 6.20. The molecule has 4 heteroatoms. The van der Waals surface area contributed by atoms with Crippen molar-refractivity contribution in [3.8, 4) is 11.5 Å². The zero-order valence-corrected chi connectivity index (χ0v) is 16.7. The van der Waals surface area contributed by atoms with Crippen molar-refractivity contribution in [2.24, 2.45) is 0 Å². The quantitative estimate of drug-likeness (QED) is 0.408. The van der Waals surface area contributed by atoms with Gasteiger partial charge in [-0.1, -0.05) is 52.9 Å². The fraction of sp³-hybridized carbons (Fsp3) is 0.182. The number of benzene rings is 3. The molecule has 130 valence electrons. The van der Waals surface area contributed by atoms with Crippen LogP contribution in [0.3, 0.4) is 0 Å². The monoisotopic (exact) mass is 405 g/mol. The van der Waals surface area contributed by atoms with Gasteiger partial charge in [-0.25, -0.2) is 0 Å². The van der Waals surface area contributed by atoms with Crippen molar-refractivity contribution in [2.75, 3.05) is 4.90 Å². The van der Waals surface area contributed by atoms with Gasteiger partial charge in [0.15, 0.2) is 11.5 Å². The van der Waals surface area contributed by atoms with Crippen molar-refractivity contribution in [1.82, 2.24) is 0 Å². The zero-order chi connectivity index (χ0) is 18.1. The summed E-state index contributed by atoms with van der Waals surface area (Å²) in [6, 6.07) is 21.5. The highest BCUT2D eigenvalue weighted by Crippen LogP contribution is 2.50. The molecule has 0 amide bonds. The van der Waals surface area contributed by atoms with Gasteiger partial charge in [-0.3, -0.25) is 0 Å². The number of aryl methyl sites for hydroxylation is 1. The Kier molecular flexibility index (Phi) is 4.77. The van der Waals surface area contributed by atoms with Crippen LogP contribution in [-0.2, 0) is 6.42 Å². The van der Waals surface area contributed by atoms with Crippen LogP contribution in [0, 0.1) is 0 Å². The van der Waals surface area contributed by atoms with E-state index in [-0.39, 0.29) is 0 Å². The molecule has 0 fully saturated rings. The first-order chi connectivity index (χ1) is 12.7. The largest absolute Gasteiger partial charge is 0.453 e. The second kappa shape index (κ2) is 7.20. The van der Waals surface area contributed by atoms with E-state index in [2.05, 4.69) is 90.2 Å². The molecule has 0 spiro atoms. The third-order valence-corrected chi connectivity index (χ3v) is 5.25. The number of anilines is 3. The second-order valence-electron chi connectivity index (χ2n) is 6.79. The van der Waals surface area contributed by atoms with Crippen LogP contribution in [0.2, 0.25) is 0 Å². The van der Waals surface area contributed by atoms with Gasteiger partial charge in [-0.15, -0.1) is 0 Å². The highest BCUT2D eigenvalue weighted by molar-refractivity contribution is 9.10. The normalized spacial score (nSPS) is 12.3. The molecule has 0 N–H and O–H groups in total. The summed E-state index contributed by atoms with van der Waals surface area (Å²) < 4.78 is 7.21. The van der Waals surface area contributed by atoms with E-state index >= 15 is 0 Å². The molecule has 4 rings (SSSR count). The van der Waals surface area contributed by atoms with E-state index < -0.39 is 0 Å². The Morgan fingerprint density at radius 3 is 2.35 bits per heavy atom. The van der Waals surface area contributed by atoms with Crippen molar-refractivity contribution < 1.29 is 4.74 Å². The maximum atomic E-state index is 6.20. The minimum absolute atomic E-state index is 0.868. The maximum Gasteiger partial charge on any atom is 0.152 e. The molecule has 3 aromatic rings. The smallest absolute Gasteiger partial charge is 0.152 e. The minimum atomic E-state index is 0.868. The molecule has 0 bridgehead atoms. The van der Waals surface area contributed by atoms with Gasteiger partial charge < -0.3 is 9.64 Å². The van der Waals surface area contributed by atoms with E-state index in [0.29, 0.717) is 0 Å². The molecule has 0 aromatic heterocycles. The van der Waals surface area contributed by atoms with Crippen LogP contribution in [0.25, 0.3) is 0 Å². The summed E-state index contributed by atoms with van der Waals surface area (Å²) in [5.41, 5.74) is 5.88. The van der Waals surface area contributed by atoms with Gasteiger partial charge in [0.2, 0.25) is 0 Å². The van der Waals surface area contributed by atoms with Gasteiger partial charge in [0.1, 0.15) is 7.85 Å². The average Bonchev–Trinajstić information content (AvgIpc) is 2.64. The lowest BCUT2D eigenvalue weighted by molar-refractivity contribution is 0.477. The Morgan fingerprint density at radius 1 is 0.923 bits per heavy atom. The Balaban J connectivity index is 1.80. The van der Waals surface area contributed by atoms with E-state index in [4.69, 9.17) is 4.74 Å². The molecule has 0 unspecified atom stereocenters. The number of ether oxygens (including phenoxy) is 1. The predicted octanol–water partition coefficient (Wildman–Crippen LogP) is 5.63.